The van der Waals surface area contributed by atoms with Gasteiger partial charge in [0.15, 0.2) is 5.78 Å². The van der Waals surface area contributed by atoms with Crippen molar-refractivity contribution in [1.29, 1.82) is 0 Å². The number of urea groups is 1. The van der Waals surface area contributed by atoms with E-state index in [1.54, 1.807) is 7.11 Å². The van der Waals surface area contributed by atoms with Crippen LogP contribution in [0.25, 0.3) is 11.1 Å². The minimum absolute atomic E-state index is 0.0475. The van der Waals surface area contributed by atoms with Gasteiger partial charge in [-0.05, 0) is 172 Å². The van der Waals surface area contributed by atoms with Gasteiger partial charge < -0.3 is 25.2 Å². The minimum Gasteiger partial charge on any atom is -0.497 e. The zero-order chi connectivity index (χ0) is 42.4. The number of nitrogens with zero attached hydrogens (tertiary/aromatic N) is 1. The van der Waals surface area contributed by atoms with Gasteiger partial charge in [0.2, 0.25) is 0 Å². The van der Waals surface area contributed by atoms with Gasteiger partial charge >= 0.3 is 6.03 Å². The van der Waals surface area contributed by atoms with Crippen LogP contribution in [0.2, 0.25) is 0 Å². The number of rotatable bonds is 9. The molecule has 11 rings (SSSR count). The normalized spacial score (nSPS) is 30.6. The molecule has 7 aliphatic rings. The van der Waals surface area contributed by atoms with Crippen molar-refractivity contribution in [3.05, 3.63) is 131 Å². The maximum Gasteiger partial charge on any atom is 0.321 e. The van der Waals surface area contributed by atoms with E-state index in [2.05, 4.69) is 37.4 Å². The van der Waals surface area contributed by atoms with Crippen molar-refractivity contribution in [2.75, 3.05) is 25.5 Å². The number of hydrogen-bond donors (Lipinski definition) is 3. The molecular weight excluding hydrogens is 757 g/mol. The molecule has 0 aromatic heterocycles. The van der Waals surface area contributed by atoms with Crippen LogP contribution in [0, 0.1) is 28.6 Å². The van der Waals surface area contributed by atoms with Crippen molar-refractivity contribution in [3.8, 4) is 16.9 Å². The van der Waals surface area contributed by atoms with Crippen molar-refractivity contribution in [3.63, 3.8) is 0 Å². The second-order valence-electron chi connectivity index (χ2n) is 20.1. The molecule has 0 aliphatic heterocycles. The Morgan fingerprint density at radius 1 is 0.820 bits per heavy atom. The van der Waals surface area contributed by atoms with Crippen LogP contribution in [0.15, 0.2) is 109 Å². The number of carbonyl (C=O) groups is 2. The summed E-state index contributed by atoms with van der Waals surface area (Å²) in [7, 11) is 1.64. The molecule has 0 radical (unpaired) electrons. The molecule has 4 aromatic carbocycles. The number of ketones is 1. The van der Waals surface area contributed by atoms with Gasteiger partial charge in [0.25, 0.3) is 0 Å². The predicted molar refractivity (Wildman–Crippen MR) is 243 cm³/mol. The minimum atomic E-state index is -1.23. The zero-order valence-corrected chi connectivity index (χ0v) is 36.4. The van der Waals surface area contributed by atoms with Crippen molar-refractivity contribution in [2.45, 2.75) is 115 Å². The highest BCUT2D eigenvalue weighted by atomic mass is 16.5. The summed E-state index contributed by atoms with van der Waals surface area (Å²) < 4.78 is 5.41. The Morgan fingerprint density at radius 3 is 2.21 bits per heavy atom. The zero-order valence-electron chi connectivity index (χ0n) is 36.4. The molecule has 7 nitrogen and oxygen atoms in total. The monoisotopic (exact) mass is 820 g/mol. The number of hydrogen-bond acceptors (Lipinski definition) is 5. The summed E-state index contributed by atoms with van der Waals surface area (Å²) in [5.74, 6) is 2.73. The van der Waals surface area contributed by atoms with Gasteiger partial charge in [-0.25, -0.2) is 4.79 Å². The fourth-order valence-corrected chi connectivity index (χ4v) is 13.2. The Kier molecular flexibility index (Phi) is 11.5. The second kappa shape index (κ2) is 16.9. The maximum atomic E-state index is 15.2. The maximum absolute atomic E-state index is 15.2. The van der Waals surface area contributed by atoms with Crippen LogP contribution in [-0.2, 0) is 6.42 Å². The van der Waals surface area contributed by atoms with Crippen LogP contribution in [0.4, 0.5) is 10.5 Å². The van der Waals surface area contributed by atoms with Crippen molar-refractivity contribution < 1.29 is 24.5 Å². The number of carbonyl (C=O) groups excluding carboxylic acids is 2. The SMILES string of the molecule is COc1ccc(NC(=O)N(CC23CC4CC(CC(C4)C2)C3)CC2(O)CCC3c4ccc(cc4C(=O)c4ccccc4-c4ccccc4)CC(O)CCC(C)=CCCC32C)cc1. The van der Waals surface area contributed by atoms with Gasteiger partial charge in [-0.3, -0.25) is 4.79 Å². The van der Waals surface area contributed by atoms with Crippen LogP contribution in [0.3, 0.4) is 0 Å². The summed E-state index contributed by atoms with van der Waals surface area (Å²) in [4.78, 5) is 32.0. The molecular formula is C54H64N2O5. The lowest BCUT2D eigenvalue weighted by atomic mass is 9.49. The molecule has 5 saturated carbocycles. The Morgan fingerprint density at radius 2 is 1.51 bits per heavy atom. The van der Waals surface area contributed by atoms with E-state index in [0.717, 1.165) is 77.9 Å². The summed E-state index contributed by atoms with van der Waals surface area (Å²) in [5.41, 5.74) is 5.12. The van der Waals surface area contributed by atoms with Crippen LogP contribution >= 0.6 is 0 Å². The average Bonchev–Trinajstić information content (AvgIpc) is 3.50. The number of amides is 2. The second-order valence-corrected chi connectivity index (χ2v) is 20.1. The highest BCUT2D eigenvalue weighted by Gasteiger charge is 2.59. The number of anilines is 1. The topological polar surface area (TPSA) is 99.1 Å². The third kappa shape index (κ3) is 8.33. The van der Waals surface area contributed by atoms with E-state index >= 15 is 4.79 Å². The Balaban J connectivity index is 1.11. The molecule has 4 atom stereocenters. The lowest BCUT2D eigenvalue weighted by molar-refractivity contribution is -0.0975. The number of allylic oxidation sites excluding steroid dienone is 2. The van der Waals surface area contributed by atoms with Gasteiger partial charge in [-0.1, -0.05) is 85.3 Å². The number of aliphatic hydroxyl groups excluding tert-OH is 1. The van der Waals surface area contributed by atoms with Gasteiger partial charge in [-0.15, -0.1) is 0 Å². The Hall–Kier alpha value is -4.72. The fourth-order valence-electron chi connectivity index (χ4n) is 13.2. The van der Waals surface area contributed by atoms with Crippen LogP contribution < -0.4 is 10.1 Å². The average molecular weight is 821 g/mol. The van der Waals surface area contributed by atoms with E-state index in [9.17, 15) is 15.0 Å². The molecule has 7 heteroatoms. The number of benzene rings is 4. The standard InChI is InChI=1S/C54H64N2O5/c1-36-10-9-24-52(2)49(46-22-16-37(29-43(57)19-15-36)30-48(46)50(58)47-14-8-7-13-45(47)41-11-5-4-6-12-41)23-25-54(52,60)35-56(51(59)55-42-17-20-44(61-3)21-18-42)34-53-31-38-26-39(32-53)28-40(27-38)33-53/h4-8,10-14,16-18,20-22,30,38-40,43,49,57,60H,9,15,19,23-29,31-35H2,1-3H3,(H,55,59). The van der Waals surface area contributed by atoms with Crippen molar-refractivity contribution in [2.24, 2.45) is 28.6 Å². The molecule has 5 fully saturated rings. The van der Waals surface area contributed by atoms with E-state index in [4.69, 9.17) is 4.74 Å². The van der Waals surface area contributed by atoms with Crippen LogP contribution in [0.5, 0.6) is 5.75 Å². The number of fused-ring (bicyclic) bond motifs is 8. The van der Waals surface area contributed by atoms with Gasteiger partial charge in [0.1, 0.15) is 5.75 Å². The van der Waals surface area contributed by atoms with E-state index in [1.807, 2.05) is 89.8 Å². The summed E-state index contributed by atoms with van der Waals surface area (Å²) in [6, 6.07) is 31.5. The molecule has 0 spiro atoms. The first-order valence-corrected chi connectivity index (χ1v) is 23.0. The molecule has 4 aromatic rings. The third-order valence-electron chi connectivity index (χ3n) is 15.9. The molecule has 0 saturated heterocycles. The molecule has 7 aliphatic carbocycles. The summed E-state index contributed by atoms with van der Waals surface area (Å²) in [5, 5.41) is 28.0. The number of ether oxygens (including phenoxy) is 1. The van der Waals surface area contributed by atoms with E-state index < -0.39 is 17.1 Å². The Labute approximate surface area is 362 Å². The molecule has 6 bridgehead atoms. The van der Waals surface area contributed by atoms with E-state index in [0.29, 0.717) is 55.5 Å². The van der Waals surface area contributed by atoms with E-state index in [-0.39, 0.29) is 29.7 Å². The van der Waals surface area contributed by atoms with Crippen molar-refractivity contribution >= 4 is 17.5 Å². The summed E-state index contributed by atoms with van der Waals surface area (Å²) >= 11 is 0. The number of methoxy groups -OCH3 is 1. The quantitative estimate of drug-likeness (QED) is 0.115. The predicted octanol–water partition coefficient (Wildman–Crippen LogP) is 11.4. The van der Waals surface area contributed by atoms with Crippen LogP contribution in [-0.4, -0.2) is 58.8 Å². The van der Waals surface area contributed by atoms with Crippen molar-refractivity contribution in [1.82, 2.24) is 4.90 Å². The molecule has 3 N–H and O–H groups in total. The lowest BCUT2D eigenvalue weighted by Gasteiger charge is -2.58. The first-order valence-electron chi connectivity index (χ1n) is 23.0. The number of nitrogens with one attached hydrogen (secondary N) is 1. The van der Waals surface area contributed by atoms with Crippen LogP contribution in [0.1, 0.15) is 124 Å². The molecule has 0 heterocycles. The first kappa shape index (κ1) is 41.6. The summed E-state index contributed by atoms with van der Waals surface area (Å²) in [6.45, 7) is 5.23. The molecule has 4 unspecified atom stereocenters. The fraction of sp³-hybridized carbons (Fsp3) is 0.481. The highest BCUT2D eigenvalue weighted by molar-refractivity contribution is 6.14. The molecule has 320 valence electrons. The Bertz CT molecular complexity index is 2230. The summed E-state index contributed by atoms with van der Waals surface area (Å²) in [6.07, 6.45) is 13.7. The third-order valence-corrected chi connectivity index (χ3v) is 15.9. The van der Waals surface area contributed by atoms with Gasteiger partial charge in [0.05, 0.1) is 25.4 Å². The first-order chi connectivity index (χ1) is 29.4. The largest absolute Gasteiger partial charge is 0.497 e. The van der Waals surface area contributed by atoms with Gasteiger partial charge in [-0.2, -0.15) is 0 Å². The number of aliphatic hydroxyl groups is 2. The van der Waals surface area contributed by atoms with E-state index in [1.165, 1.54) is 24.8 Å². The molecule has 61 heavy (non-hydrogen) atoms. The molecule has 2 amide bonds. The van der Waals surface area contributed by atoms with Gasteiger partial charge in [0, 0.05) is 28.8 Å². The smallest absolute Gasteiger partial charge is 0.321 e. The lowest BCUT2D eigenvalue weighted by Crippen LogP contribution is -2.58. The highest BCUT2D eigenvalue weighted by Crippen LogP contribution is 2.62.